The number of alkyl halides is 3. The first kappa shape index (κ1) is 19.3. The predicted octanol–water partition coefficient (Wildman–Crippen LogP) is 4.36. The quantitative estimate of drug-likeness (QED) is 0.474. The minimum atomic E-state index is -4.48. The molecule has 0 atom stereocenters. The Hall–Kier alpha value is -3.07. The highest BCUT2D eigenvalue weighted by Gasteiger charge is 2.30. The second-order valence-corrected chi connectivity index (χ2v) is 5.64. The topological polar surface area (TPSA) is 52.9 Å². The van der Waals surface area contributed by atoms with Crippen molar-refractivity contribution in [1.82, 2.24) is 5.32 Å². The van der Waals surface area contributed by atoms with E-state index in [-0.39, 0.29) is 11.1 Å². The van der Waals surface area contributed by atoms with Crippen LogP contribution in [0.2, 0.25) is 0 Å². The Bertz CT molecular complexity index is 821. The number of hydrogen-bond donors (Lipinski definition) is 1. The lowest BCUT2D eigenvalue weighted by molar-refractivity contribution is -0.137. The van der Waals surface area contributed by atoms with Crippen molar-refractivity contribution in [1.29, 1.82) is 5.26 Å². The molecule has 1 N–H and O–H groups in total. The van der Waals surface area contributed by atoms with Crippen LogP contribution in [0.4, 0.5) is 13.2 Å². The maximum atomic E-state index is 12.7. The molecule has 0 bridgehead atoms. The lowest BCUT2D eigenvalue weighted by Gasteiger charge is -2.07. The van der Waals surface area contributed by atoms with Crippen molar-refractivity contribution in [2.24, 2.45) is 0 Å². The van der Waals surface area contributed by atoms with Crippen LogP contribution in [-0.2, 0) is 17.4 Å². The van der Waals surface area contributed by atoms with Crippen molar-refractivity contribution >= 4 is 12.0 Å². The maximum absolute atomic E-state index is 12.7. The molecule has 0 fully saturated rings. The van der Waals surface area contributed by atoms with Crippen molar-refractivity contribution in [2.75, 3.05) is 6.54 Å². The minimum Gasteiger partial charge on any atom is -0.351 e. The van der Waals surface area contributed by atoms with Crippen LogP contribution in [-0.4, -0.2) is 12.5 Å². The molecule has 0 saturated carbocycles. The van der Waals surface area contributed by atoms with E-state index in [1.807, 2.05) is 30.3 Å². The van der Waals surface area contributed by atoms with Crippen molar-refractivity contribution in [3.8, 4) is 6.07 Å². The summed E-state index contributed by atoms with van der Waals surface area (Å²) in [4.78, 5) is 12.0. The van der Waals surface area contributed by atoms with Crippen LogP contribution in [0.25, 0.3) is 6.08 Å². The molecule has 0 aromatic heterocycles. The van der Waals surface area contributed by atoms with Gasteiger partial charge in [-0.3, -0.25) is 4.79 Å². The van der Waals surface area contributed by atoms with Gasteiger partial charge in [-0.1, -0.05) is 42.5 Å². The molecule has 134 valence electrons. The molecule has 0 aliphatic heterocycles. The van der Waals surface area contributed by atoms with E-state index >= 15 is 0 Å². The highest BCUT2D eigenvalue weighted by atomic mass is 19.4. The van der Waals surface area contributed by atoms with Crippen molar-refractivity contribution in [2.45, 2.75) is 19.0 Å². The second kappa shape index (κ2) is 8.86. The number of hydrogen-bond acceptors (Lipinski definition) is 2. The number of rotatable bonds is 6. The second-order valence-electron chi connectivity index (χ2n) is 5.64. The third-order valence-electron chi connectivity index (χ3n) is 3.66. The first-order chi connectivity index (χ1) is 12.4. The number of carbonyl (C=O) groups excluding carboxylic acids is 1. The average molecular weight is 358 g/mol. The van der Waals surface area contributed by atoms with E-state index in [0.29, 0.717) is 13.0 Å². The fraction of sp³-hybridized carbons (Fsp3) is 0.200. The maximum Gasteiger partial charge on any atom is 0.416 e. The molecule has 0 saturated heterocycles. The van der Waals surface area contributed by atoms with Gasteiger partial charge in [0.15, 0.2) is 0 Å². The van der Waals surface area contributed by atoms with Crippen LogP contribution in [0.15, 0.2) is 60.2 Å². The number of nitrogens with zero attached hydrogens (tertiary/aromatic N) is 1. The van der Waals surface area contributed by atoms with Gasteiger partial charge >= 0.3 is 6.18 Å². The molecule has 0 spiro atoms. The third kappa shape index (κ3) is 5.78. The van der Waals surface area contributed by atoms with Crippen molar-refractivity contribution < 1.29 is 18.0 Å². The van der Waals surface area contributed by atoms with Gasteiger partial charge in [0.25, 0.3) is 5.91 Å². The van der Waals surface area contributed by atoms with Crippen molar-refractivity contribution in [3.05, 3.63) is 76.9 Å². The van der Waals surface area contributed by atoms with E-state index in [9.17, 15) is 18.0 Å². The smallest absolute Gasteiger partial charge is 0.351 e. The van der Waals surface area contributed by atoms with E-state index in [1.165, 1.54) is 12.1 Å². The highest BCUT2D eigenvalue weighted by molar-refractivity contribution is 6.01. The Labute approximate surface area is 149 Å². The van der Waals surface area contributed by atoms with Crippen LogP contribution in [0.5, 0.6) is 0 Å². The summed E-state index contributed by atoms with van der Waals surface area (Å²) in [5.41, 5.74) is 0.230. The summed E-state index contributed by atoms with van der Waals surface area (Å²) in [6, 6.07) is 16.0. The molecule has 1 amide bonds. The van der Waals surface area contributed by atoms with E-state index < -0.39 is 17.6 Å². The molecule has 6 heteroatoms. The zero-order chi connectivity index (χ0) is 19.0. The highest BCUT2D eigenvalue weighted by Crippen LogP contribution is 2.29. The van der Waals surface area contributed by atoms with E-state index in [2.05, 4.69) is 5.32 Å². The molecule has 0 heterocycles. The SMILES string of the molecule is N#C/C(=C/c1cccc(C(F)(F)F)c1)C(=O)NCCCc1ccccc1. The molecule has 2 aromatic carbocycles. The Kier molecular flexibility index (Phi) is 6.56. The summed E-state index contributed by atoms with van der Waals surface area (Å²) in [5.74, 6) is -0.599. The molecule has 0 radical (unpaired) electrons. The molecular formula is C20H17F3N2O. The van der Waals surface area contributed by atoms with Gasteiger partial charge in [0.05, 0.1) is 5.56 Å². The van der Waals surface area contributed by atoms with Gasteiger partial charge in [0, 0.05) is 6.54 Å². The number of aryl methyl sites for hydroxylation is 1. The van der Waals surface area contributed by atoms with Gasteiger partial charge in [-0.05, 0) is 42.2 Å². The molecule has 0 unspecified atom stereocenters. The van der Waals surface area contributed by atoms with E-state index in [0.717, 1.165) is 30.2 Å². The van der Waals surface area contributed by atoms with E-state index in [1.54, 1.807) is 6.07 Å². The first-order valence-electron chi connectivity index (χ1n) is 8.01. The molecule has 26 heavy (non-hydrogen) atoms. The summed E-state index contributed by atoms with van der Waals surface area (Å²) in [5, 5.41) is 11.7. The fourth-order valence-electron chi connectivity index (χ4n) is 2.35. The molecule has 2 aromatic rings. The number of amides is 1. The van der Waals surface area contributed by atoms with Crippen LogP contribution in [0.1, 0.15) is 23.1 Å². The molecule has 0 aliphatic rings. The Morgan fingerprint density at radius 1 is 1.12 bits per heavy atom. The number of nitriles is 1. The summed E-state index contributed by atoms with van der Waals surface area (Å²) >= 11 is 0. The fourth-order valence-corrected chi connectivity index (χ4v) is 2.35. The Morgan fingerprint density at radius 3 is 2.50 bits per heavy atom. The first-order valence-corrected chi connectivity index (χ1v) is 8.01. The predicted molar refractivity (Wildman–Crippen MR) is 92.8 cm³/mol. The molecule has 3 nitrogen and oxygen atoms in total. The van der Waals surface area contributed by atoms with Crippen LogP contribution >= 0.6 is 0 Å². The monoisotopic (exact) mass is 358 g/mol. The lowest BCUT2D eigenvalue weighted by Crippen LogP contribution is -2.25. The van der Waals surface area contributed by atoms with Gasteiger partial charge in [-0.15, -0.1) is 0 Å². The standard InChI is InChI=1S/C20H17F3N2O/c21-20(22,23)18-10-4-8-16(13-18)12-17(14-24)19(26)25-11-5-9-15-6-2-1-3-7-15/h1-4,6-8,10,12-13H,5,9,11H2,(H,25,26)/b17-12-. The van der Waals surface area contributed by atoms with Gasteiger partial charge in [-0.2, -0.15) is 18.4 Å². The number of nitrogens with one attached hydrogen (secondary N) is 1. The zero-order valence-corrected chi connectivity index (χ0v) is 13.9. The van der Waals surface area contributed by atoms with Gasteiger partial charge in [0.2, 0.25) is 0 Å². The number of halogens is 3. The van der Waals surface area contributed by atoms with Crippen LogP contribution in [0.3, 0.4) is 0 Å². The van der Waals surface area contributed by atoms with Crippen molar-refractivity contribution in [3.63, 3.8) is 0 Å². The lowest BCUT2D eigenvalue weighted by atomic mass is 10.1. The Balaban J connectivity index is 1.96. The molecular weight excluding hydrogens is 341 g/mol. The third-order valence-corrected chi connectivity index (χ3v) is 3.66. The number of carbonyl (C=O) groups is 1. The minimum absolute atomic E-state index is 0.149. The molecule has 0 aliphatic carbocycles. The largest absolute Gasteiger partial charge is 0.416 e. The van der Waals surface area contributed by atoms with Gasteiger partial charge in [0.1, 0.15) is 11.6 Å². The van der Waals surface area contributed by atoms with E-state index in [4.69, 9.17) is 5.26 Å². The van der Waals surface area contributed by atoms with Crippen LogP contribution < -0.4 is 5.32 Å². The normalized spacial score (nSPS) is 11.7. The summed E-state index contributed by atoms with van der Waals surface area (Å²) in [6.07, 6.45) is -1.85. The summed E-state index contributed by atoms with van der Waals surface area (Å²) < 4.78 is 38.2. The summed E-state index contributed by atoms with van der Waals surface area (Å²) in [7, 11) is 0. The summed E-state index contributed by atoms with van der Waals surface area (Å²) in [6.45, 7) is 0.370. The number of benzene rings is 2. The molecule has 2 rings (SSSR count). The van der Waals surface area contributed by atoms with Gasteiger partial charge < -0.3 is 5.32 Å². The zero-order valence-electron chi connectivity index (χ0n) is 13.9. The average Bonchev–Trinajstić information content (AvgIpc) is 2.63. The Morgan fingerprint density at radius 2 is 1.85 bits per heavy atom. The van der Waals surface area contributed by atoms with Crippen LogP contribution in [0, 0.1) is 11.3 Å². The van der Waals surface area contributed by atoms with Gasteiger partial charge in [-0.25, -0.2) is 0 Å².